The van der Waals surface area contributed by atoms with Crippen molar-refractivity contribution in [1.29, 1.82) is 0 Å². The summed E-state index contributed by atoms with van der Waals surface area (Å²) >= 11 is 0. The first-order valence-electron chi connectivity index (χ1n) is 7.31. The van der Waals surface area contributed by atoms with Crippen molar-refractivity contribution in [2.75, 3.05) is 38.9 Å². The van der Waals surface area contributed by atoms with Gasteiger partial charge in [-0.2, -0.15) is 0 Å². The van der Waals surface area contributed by atoms with E-state index in [2.05, 4.69) is 0 Å². The number of sulfone groups is 1. The van der Waals surface area contributed by atoms with Gasteiger partial charge >= 0.3 is 0 Å². The Kier molecular flexibility index (Phi) is 4.20. The number of morpholine rings is 1. The lowest BCUT2D eigenvalue weighted by Crippen LogP contribution is -2.53. The third-order valence-corrected chi connectivity index (χ3v) is 5.92. The van der Waals surface area contributed by atoms with Gasteiger partial charge in [0, 0.05) is 6.54 Å². The van der Waals surface area contributed by atoms with Gasteiger partial charge < -0.3 is 19.1 Å². The maximum atomic E-state index is 13.0. The Morgan fingerprint density at radius 3 is 2.48 bits per heavy atom. The minimum absolute atomic E-state index is 0.0372. The Hall–Kier alpha value is -1.80. The Morgan fingerprint density at radius 2 is 1.87 bits per heavy atom. The quantitative estimate of drug-likeness (QED) is 0.789. The van der Waals surface area contributed by atoms with Gasteiger partial charge in [-0.3, -0.25) is 4.79 Å². The lowest BCUT2D eigenvalue weighted by Gasteiger charge is -2.37. The molecule has 0 bridgehead atoms. The molecule has 1 aromatic carbocycles. The van der Waals surface area contributed by atoms with Crippen molar-refractivity contribution in [3.63, 3.8) is 0 Å². The van der Waals surface area contributed by atoms with E-state index in [0.29, 0.717) is 30.2 Å². The van der Waals surface area contributed by atoms with Gasteiger partial charge in [0.25, 0.3) is 5.91 Å². The summed E-state index contributed by atoms with van der Waals surface area (Å²) in [5.74, 6) is 0.400. The smallest absolute Gasteiger partial charge is 0.261 e. The molecule has 2 fully saturated rings. The van der Waals surface area contributed by atoms with Gasteiger partial charge in [0.05, 0.1) is 44.5 Å². The topological polar surface area (TPSA) is 82.1 Å². The van der Waals surface area contributed by atoms with Gasteiger partial charge in [0.15, 0.2) is 9.84 Å². The van der Waals surface area contributed by atoms with Gasteiger partial charge in [-0.25, -0.2) is 8.42 Å². The molecule has 0 spiro atoms. The fourth-order valence-electron chi connectivity index (χ4n) is 3.17. The Morgan fingerprint density at radius 1 is 1.22 bits per heavy atom. The van der Waals surface area contributed by atoms with E-state index in [9.17, 15) is 13.2 Å². The fraction of sp³-hybridized carbons (Fsp3) is 0.533. The van der Waals surface area contributed by atoms with E-state index in [1.807, 2.05) is 0 Å². The number of amides is 1. The minimum Gasteiger partial charge on any atom is -0.496 e. The zero-order valence-electron chi connectivity index (χ0n) is 13.0. The molecular formula is C15H19NO6S. The summed E-state index contributed by atoms with van der Waals surface area (Å²) in [6.45, 7) is 0.663. The lowest BCUT2D eigenvalue weighted by molar-refractivity contribution is -0.0363. The van der Waals surface area contributed by atoms with Gasteiger partial charge in [-0.15, -0.1) is 0 Å². The van der Waals surface area contributed by atoms with Crippen LogP contribution in [0.2, 0.25) is 0 Å². The van der Waals surface area contributed by atoms with Gasteiger partial charge in [0.1, 0.15) is 17.1 Å². The van der Waals surface area contributed by atoms with Gasteiger partial charge in [-0.05, 0) is 12.1 Å². The van der Waals surface area contributed by atoms with Crippen LogP contribution in [0.4, 0.5) is 0 Å². The molecule has 1 amide bonds. The van der Waals surface area contributed by atoms with Gasteiger partial charge in [0.2, 0.25) is 0 Å². The normalized spacial score (nSPS) is 25.7. The lowest BCUT2D eigenvalue weighted by atomic mass is 10.1. The van der Waals surface area contributed by atoms with Crippen LogP contribution in [0.25, 0.3) is 0 Å². The highest BCUT2D eigenvalue weighted by Gasteiger charge is 2.46. The first-order chi connectivity index (χ1) is 11.0. The maximum Gasteiger partial charge on any atom is 0.261 e. The van der Waals surface area contributed by atoms with E-state index in [0.717, 1.165) is 0 Å². The van der Waals surface area contributed by atoms with Crippen molar-refractivity contribution in [2.45, 2.75) is 12.1 Å². The van der Waals surface area contributed by atoms with Crippen molar-refractivity contribution in [2.24, 2.45) is 0 Å². The average molecular weight is 341 g/mol. The molecule has 2 heterocycles. The van der Waals surface area contributed by atoms with E-state index in [4.69, 9.17) is 14.2 Å². The predicted molar refractivity (Wildman–Crippen MR) is 82.8 cm³/mol. The summed E-state index contributed by atoms with van der Waals surface area (Å²) in [6.07, 6.45) is -0.460. The van der Waals surface area contributed by atoms with Crippen molar-refractivity contribution in [3.05, 3.63) is 23.8 Å². The highest BCUT2D eigenvalue weighted by Crippen LogP contribution is 2.33. The maximum absolute atomic E-state index is 13.0. The zero-order valence-corrected chi connectivity index (χ0v) is 13.8. The van der Waals surface area contributed by atoms with E-state index in [1.54, 1.807) is 23.1 Å². The highest BCUT2D eigenvalue weighted by molar-refractivity contribution is 7.91. The van der Waals surface area contributed by atoms with Crippen LogP contribution in [0, 0.1) is 0 Å². The second-order valence-electron chi connectivity index (χ2n) is 5.59. The summed E-state index contributed by atoms with van der Waals surface area (Å²) < 4.78 is 39.8. The number of nitrogens with zero attached hydrogens (tertiary/aromatic N) is 1. The molecule has 0 saturated carbocycles. The van der Waals surface area contributed by atoms with E-state index < -0.39 is 22.0 Å². The van der Waals surface area contributed by atoms with Crippen LogP contribution in [-0.2, 0) is 14.6 Å². The van der Waals surface area contributed by atoms with Crippen LogP contribution in [0.5, 0.6) is 11.5 Å². The van der Waals surface area contributed by atoms with E-state index >= 15 is 0 Å². The second kappa shape index (κ2) is 6.01. The molecule has 0 aromatic heterocycles. The molecule has 0 N–H and O–H groups in total. The van der Waals surface area contributed by atoms with Crippen molar-refractivity contribution in [1.82, 2.24) is 4.90 Å². The first kappa shape index (κ1) is 16.1. The molecule has 2 unspecified atom stereocenters. The molecule has 0 aliphatic carbocycles. The summed E-state index contributed by atoms with van der Waals surface area (Å²) in [5, 5.41) is 0. The summed E-state index contributed by atoms with van der Waals surface area (Å²) in [5.41, 5.74) is 0.308. The molecule has 2 aliphatic heterocycles. The molecule has 126 valence electrons. The van der Waals surface area contributed by atoms with Crippen LogP contribution >= 0.6 is 0 Å². The number of fused-ring (bicyclic) bond motifs is 1. The second-order valence-corrected chi connectivity index (χ2v) is 7.74. The van der Waals surface area contributed by atoms with Gasteiger partial charge in [-0.1, -0.05) is 6.07 Å². The summed E-state index contributed by atoms with van der Waals surface area (Å²) in [4.78, 5) is 14.6. The number of methoxy groups -OCH3 is 2. The number of rotatable bonds is 3. The molecule has 2 aliphatic rings. The molecule has 2 atom stereocenters. The standard InChI is InChI=1S/C15H19NO6S/c1-20-11-4-3-5-12(21-2)14(11)15(17)16-6-7-22-13-9-23(18,19)8-10(13)16/h3-5,10,13H,6-9H2,1-2H3. The SMILES string of the molecule is COc1cccc(OC)c1C(=O)N1CCOC2CS(=O)(=O)CC21. The molecule has 23 heavy (non-hydrogen) atoms. The predicted octanol–water partition coefficient (Wildman–Crippen LogP) is 0.342. The highest BCUT2D eigenvalue weighted by atomic mass is 32.2. The number of carbonyl (C=O) groups excluding carboxylic acids is 1. The van der Waals surface area contributed by atoms with E-state index in [-0.39, 0.29) is 17.4 Å². The largest absolute Gasteiger partial charge is 0.496 e. The number of ether oxygens (including phenoxy) is 3. The van der Waals surface area contributed by atoms with E-state index in [1.165, 1.54) is 14.2 Å². The van der Waals surface area contributed by atoms with Crippen LogP contribution in [0.15, 0.2) is 18.2 Å². The minimum atomic E-state index is -3.19. The zero-order chi connectivity index (χ0) is 16.6. The molecule has 0 radical (unpaired) electrons. The number of benzene rings is 1. The summed E-state index contributed by atoms with van der Waals surface area (Å²) in [7, 11) is -0.231. The first-order valence-corrected chi connectivity index (χ1v) is 9.13. The number of hydrogen-bond donors (Lipinski definition) is 0. The molecule has 3 rings (SSSR count). The third kappa shape index (κ3) is 2.88. The van der Waals surface area contributed by atoms with Crippen LogP contribution in [0.3, 0.4) is 0 Å². The molecule has 7 nitrogen and oxygen atoms in total. The average Bonchev–Trinajstić information content (AvgIpc) is 2.86. The van der Waals surface area contributed by atoms with Crippen molar-refractivity contribution < 1.29 is 27.4 Å². The van der Waals surface area contributed by atoms with Crippen molar-refractivity contribution in [3.8, 4) is 11.5 Å². The fourth-order valence-corrected chi connectivity index (χ4v) is 5.04. The van der Waals surface area contributed by atoms with Crippen LogP contribution in [-0.4, -0.2) is 70.2 Å². The van der Waals surface area contributed by atoms with Crippen LogP contribution in [0.1, 0.15) is 10.4 Å². The molecule has 1 aromatic rings. The molecular weight excluding hydrogens is 322 g/mol. The Balaban J connectivity index is 1.97. The van der Waals surface area contributed by atoms with Crippen LogP contribution < -0.4 is 9.47 Å². The molecule has 2 saturated heterocycles. The monoisotopic (exact) mass is 341 g/mol. The van der Waals surface area contributed by atoms with Crippen molar-refractivity contribution >= 4 is 15.7 Å². The summed E-state index contributed by atoms with van der Waals surface area (Å²) in [6, 6.07) is 4.63. The molecule has 8 heteroatoms. The number of carbonyl (C=O) groups is 1. The Labute approximate surface area is 135 Å². The third-order valence-electron chi connectivity index (χ3n) is 4.24. The number of hydrogen-bond acceptors (Lipinski definition) is 6. The Bertz CT molecular complexity index is 694.